The lowest BCUT2D eigenvalue weighted by atomic mass is 9.98. The zero-order valence-corrected chi connectivity index (χ0v) is 11.8. The Hall–Kier alpha value is -1.27. The van der Waals surface area contributed by atoms with E-state index in [2.05, 4.69) is 51.6 Å². The van der Waals surface area contributed by atoms with E-state index in [9.17, 15) is 0 Å². The molecule has 2 heterocycles. The van der Waals surface area contributed by atoms with Gasteiger partial charge in [0, 0.05) is 30.3 Å². The van der Waals surface area contributed by atoms with Crippen molar-refractivity contribution in [1.82, 2.24) is 25.5 Å². The second-order valence-corrected chi connectivity index (χ2v) is 6.11. The first-order chi connectivity index (χ1) is 8.55. The molecule has 2 rings (SSSR count). The van der Waals surface area contributed by atoms with E-state index in [4.69, 9.17) is 0 Å². The second kappa shape index (κ2) is 5.58. The molecule has 0 aliphatic heterocycles. The molecule has 98 valence electrons. The van der Waals surface area contributed by atoms with Crippen LogP contribution in [0.2, 0.25) is 0 Å². The van der Waals surface area contributed by atoms with Crippen molar-refractivity contribution in [3.63, 3.8) is 0 Å². The lowest BCUT2D eigenvalue weighted by Crippen LogP contribution is -2.18. The molecule has 0 saturated carbocycles. The first kappa shape index (κ1) is 13.2. The number of nitrogens with zero attached hydrogens (tertiary/aromatic N) is 3. The summed E-state index contributed by atoms with van der Waals surface area (Å²) in [5.41, 5.74) is 1.26. The number of thiazole rings is 1. The minimum atomic E-state index is 0.142. The van der Waals surface area contributed by atoms with E-state index in [0.717, 1.165) is 31.0 Å². The zero-order valence-electron chi connectivity index (χ0n) is 11.0. The maximum absolute atomic E-state index is 4.64. The average Bonchev–Trinajstić information content (AvgIpc) is 2.95. The van der Waals surface area contributed by atoms with Crippen molar-refractivity contribution in [2.45, 2.75) is 39.2 Å². The van der Waals surface area contributed by atoms with Crippen LogP contribution in [0.3, 0.4) is 0 Å². The summed E-state index contributed by atoms with van der Waals surface area (Å²) in [6, 6.07) is 0. The standard InChI is InChI=1S/C12H19N5S/c1-12(2,3)11-16-9(7-18-11)6-13-5-4-10-14-8-15-17-10/h7-8,13H,4-6H2,1-3H3,(H,14,15,17). The lowest BCUT2D eigenvalue weighted by molar-refractivity contribution is 0.579. The van der Waals surface area contributed by atoms with Crippen LogP contribution in [0.15, 0.2) is 11.7 Å². The second-order valence-electron chi connectivity index (χ2n) is 5.25. The van der Waals surface area contributed by atoms with Crippen molar-refractivity contribution in [1.29, 1.82) is 0 Å². The van der Waals surface area contributed by atoms with E-state index < -0.39 is 0 Å². The molecule has 0 bridgehead atoms. The summed E-state index contributed by atoms with van der Waals surface area (Å²) in [4.78, 5) is 8.71. The highest BCUT2D eigenvalue weighted by Gasteiger charge is 2.17. The Morgan fingerprint density at radius 1 is 1.39 bits per heavy atom. The van der Waals surface area contributed by atoms with Crippen molar-refractivity contribution in [3.05, 3.63) is 28.2 Å². The van der Waals surface area contributed by atoms with Gasteiger partial charge in [0.1, 0.15) is 12.2 Å². The Balaban J connectivity index is 1.75. The van der Waals surface area contributed by atoms with Gasteiger partial charge in [-0.3, -0.25) is 5.10 Å². The van der Waals surface area contributed by atoms with E-state index >= 15 is 0 Å². The molecule has 2 N–H and O–H groups in total. The van der Waals surface area contributed by atoms with Gasteiger partial charge in [0.05, 0.1) is 10.7 Å². The number of H-pyrrole nitrogens is 1. The van der Waals surface area contributed by atoms with Crippen LogP contribution in [0.5, 0.6) is 0 Å². The molecule has 5 nitrogen and oxygen atoms in total. The molecule has 0 spiro atoms. The van der Waals surface area contributed by atoms with Crippen molar-refractivity contribution >= 4 is 11.3 Å². The van der Waals surface area contributed by atoms with Crippen LogP contribution in [-0.2, 0) is 18.4 Å². The highest BCUT2D eigenvalue weighted by atomic mass is 32.1. The number of hydrogen-bond donors (Lipinski definition) is 2. The highest BCUT2D eigenvalue weighted by molar-refractivity contribution is 7.09. The van der Waals surface area contributed by atoms with E-state index in [1.54, 1.807) is 11.3 Å². The summed E-state index contributed by atoms with van der Waals surface area (Å²) in [7, 11) is 0. The van der Waals surface area contributed by atoms with Gasteiger partial charge in [-0.2, -0.15) is 5.10 Å². The van der Waals surface area contributed by atoms with Gasteiger partial charge in [-0.1, -0.05) is 20.8 Å². The van der Waals surface area contributed by atoms with Crippen molar-refractivity contribution < 1.29 is 0 Å². The minimum absolute atomic E-state index is 0.142. The molecule has 0 unspecified atom stereocenters. The summed E-state index contributed by atoms with van der Waals surface area (Å²) in [5, 5.41) is 13.3. The molecule has 0 fully saturated rings. The van der Waals surface area contributed by atoms with Crippen LogP contribution in [0, 0.1) is 0 Å². The summed E-state index contributed by atoms with van der Waals surface area (Å²) in [6.07, 6.45) is 2.39. The Labute approximate surface area is 111 Å². The average molecular weight is 265 g/mol. The van der Waals surface area contributed by atoms with Gasteiger partial charge in [0.2, 0.25) is 0 Å². The summed E-state index contributed by atoms with van der Waals surface area (Å²) in [6.45, 7) is 8.24. The SMILES string of the molecule is CC(C)(C)c1nc(CNCCc2ncn[nH]2)cs1. The van der Waals surface area contributed by atoms with E-state index in [-0.39, 0.29) is 5.41 Å². The molecule has 0 aliphatic rings. The third-order valence-corrected chi connectivity index (χ3v) is 3.82. The van der Waals surface area contributed by atoms with Crippen LogP contribution >= 0.6 is 11.3 Å². The molecular formula is C12H19N5S. The van der Waals surface area contributed by atoms with Crippen molar-refractivity contribution in [3.8, 4) is 0 Å². The molecule has 2 aromatic rings. The normalized spacial score (nSPS) is 11.9. The van der Waals surface area contributed by atoms with E-state index in [1.165, 1.54) is 11.3 Å². The minimum Gasteiger partial charge on any atom is -0.311 e. The number of rotatable bonds is 5. The van der Waals surface area contributed by atoms with Crippen molar-refractivity contribution in [2.75, 3.05) is 6.54 Å². The van der Waals surface area contributed by atoms with E-state index in [0.29, 0.717) is 0 Å². The Morgan fingerprint density at radius 2 is 2.22 bits per heavy atom. The fraction of sp³-hybridized carbons (Fsp3) is 0.583. The predicted molar refractivity (Wildman–Crippen MR) is 72.6 cm³/mol. The Bertz CT molecular complexity index is 469. The molecular weight excluding hydrogens is 246 g/mol. The maximum Gasteiger partial charge on any atom is 0.137 e. The number of hydrogen-bond acceptors (Lipinski definition) is 5. The molecule has 0 amide bonds. The molecule has 18 heavy (non-hydrogen) atoms. The molecule has 6 heteroatoms. The van der Waals surface area contributed by atoms with Crippen LogP contribution < -0.4 is 5.32 Å². The molecule has 0 radical (unpaired) electrons. The largest absolute Gasteiger partial charge is 0.311 e. The third-order valence-electron chi connectivity index (χ3n) is 2.50. The topological polar surface area (TPSA) is 66.5 Å². The highest BCUT2D eigenvalue weighted by Crippen LogP contribution is 2.25. The summed E-state index contributed by atoms with van der Waals surface area (Å²) >= 11 is 1.73. The third kappa shape index (κ3) is 3.61. The molecule has 0 aliphatic carbocycles. The number of nitrogens with one attached hydrogen (secondary N) is 2. The monoisotopic (exact) mass is 265 g/mol. The lowest BCUT2D eigenvalue weighted by Gasteiger charge is -2.13. The van der Waals surface area contributed by atoms with Gasteiger partial charge in [-0.15, -0.1) is 11.3 Å². The Morgan fingerprint density at radius 3 is 2.83 bits per heavy atom. The fourth-order valence-corrected chi connectivity index (χ4v) is 2.41. The van der Waals surface area contributed by atoms with Crippen molar-refractivity contribution in [2.24, 2.45) is 0 Å². The predicted octanol–water partition coefficient (Wildman–Crippen LogP) is 1.89. The van der Waals surface area contributed by atoms with Gasteiger partial charge in [0.15, 0.2) is 0 Å². The Kier molecular flexibility index (Phi) is 4.08. The number of aromatic amines is 1. The van der Waals surface area contributed by atoms with Gasteiger partial charge >= 0.3 is 0 Å². The number of aromatic nitrogens is 4. The van der Waals surface area contributed by atoms with E-state index in [1.807, 2.05) is 0 Å². The van der Waals surface area contributed by atoms with Crippen LogP contribution in [0.1, 0.15) is 37.3 Å². The fourth-order valence-electron chi connectivity index (χ4n) is 1.51. The zero-order chi connectivity index (χ0) is 13.0. The first-order valence-corrected chi connectivity index (χ1v) is 6.93. The smallest absolute Gasteiger partial charge is 0.137 e. The maximum atomic E-state index is 4.64. The van der Waals surface area contributed by atoms with Gasteiger partial charge in [-0.25, -0.2) is 9.97 Å². The van der Waals surface area contributed by atoms with Crippen LogP contribution in [0.4, 0.5) is 0 Å². The quantitative estimate of drug-likeness (QED) is 0.810. The van der Waals surface area contributed by atoms with Gasteiger partial charge < -0.3 is 5.32 Å². The summed E-state index contributed by atoms with van der Waals surface area (Å²) < 4.78 is 0. The van der Waals surface area contributed by atoms with Gasteiger partial charge in [0.25, 0.3) is 0 Å². The molecule has 2 aromatic heterocycles. The van der Waals surface area contributed by atoms with Crippen LogP contribution in [0.25, 0.3) is 0 Å². The molecule has 0 saturated heterocycles. The first-order valence-electron chi connectivity index (χ1n) is 6.05. The molecule has 0 atom stereocenters. The van der Waals surface area contributed by atoms with Gasteiger partial charge in [-0.05, 0) is 0 Å². The van der Waals surface area contributed by atoms with Crippen LogP contribution in [-0.4, -0.2) is 26.7 Å². The summed E-state index contributed by atoms with van der Waals surface area (Å²) in [5.74, 6) is 0.913. The molecule has 0 aromatic carbocycles.